The van der Waals surface area contributed by atoms with Crippen molar-refractivity contribution in [3.63, 3.8) is 0 Å². The summed E-state index contributed by atoms with van der Waals surface area (Å²) in [4.78, 5) is 13.6. The number of rotatable bonds is 5. The molecule has 0 radical (unpaired) electrons. The van der Waals surface area contributed by atoms with Crippen molar-refractivity contribution in [2.45, 2.75) is 26.3 Å². The second-order valence-electron chi connectivity index (χ2n) is 4.60. The van der Waals surface area contributed by atoms with Crippen molar-refractivity contribution in [3.8, 4) is 11.8 Å². The Morgan fingerprint density at radius 1 is 1.40 bits per heavy atom. The Morgan fingerprint density at radius 3 is 2.85 bits per heavy atom. The van der Waals surface area contributed by atoms with Gasteiger partial charge in [-0.25, -0.2) is 4.79 Å². The molecule has 0 aliphatic carbocycles. The van der Waals surface area contributed by atoms with Crippen LogP contribution in [0.15, 0.2) is 24.3 Å². The third-order valence-electron chi connectivity index (χ3n) is 2.90. The van der Waals surface area contributed by atoms with E-state index in [4.69, 9.17) is 5.73 Å². The number of hydrogen-bond donors (Lipinski definition) is 2. The van der Waals surface area contributed by atoms with E-state index in [2.05, 4.69) is 24.1 Å². The molecule has 0 saturated heterocycles. The average Bonchev–Trinajstić information content (AvgIpc) is 2.46. The van der Waals surface area contributed by atoms with Gasteiger partial charge < -0.3 is 16.0 Å². The van der Waals surface area contributed by atoms with Gasteiger partial charge in [0.1, 0.15) is 0 Å². The van der Waals surface area contributed by atoms with Gasteiger partial charge in [0.2, 0.25) is 0 Å². The third kappa shape index (κ3) is 5.33. The van der Waals surface area contributed by atoms with Crippen LogP contribution in [-0.4, -0.2) is 31.1 Å². The van der Waals surface area contributed by atoms with Gasteiger partial charge in [0.05, 0.1) is 6.54 Å². The highest BCUT2D eigenvalue weighted by molar-refractivity contribution is 5.73. The number of urea groups is 1. The first-order valence-electron chi connectivity index (χ1n) is 6.94. The second-order valence-corrected chi connectivity index (χ2v) is 4.60. The number of carbonyl (C=O) groups excluding carboxylic acids is 1. The molecule has 3 N–H and O–H groups in total. The first-order chi connectivity index (χ1) is 9.69. The van der Waals surface area contributed by atoms with Crippen molar-refractivity contribution in [2.75, 3.05) is 20.1 Å². The molecule has 4 heteroatoms. The summed E-state index contributed by atoms with van der Waals surface area (Å²) < 4.78 is 0. The number of hydrogen-bond acceptors (Lipinski definition) is 2. The predicted octanol–water partition coefficient (Wildman–Crippen LogP) is 1.94. The highest BCUT2D eigenvalue weighted by Gasteiger charge is 2.09. The van der Waals surface area contributed by atoms with Crippen LogP contribution >= 0.6 is 0 Å². The van der Waals surface area contributed by atoms with Crippen LogP contribution in [0.25, 0.3) is 0 Å². The first kappa shape index (κ1) is 16.1. The van der Waals surface area contributed by atoms with Crippen LogP contribution < -0.4 is 11.1 Å². The van der Waals surface area contributed by atoms with Gasteiger partial charge in [-0.2, -0.15) is 0 Å². The maximum Gasteiger partial charge on any atom is 0.317 e. The summed E-state index contributed by atoms with van der Waals surface area (Å²) in [5.74, 6) is 5.88. The molecule has 0 heterocycles. The van der Waals surface area contributed by atoms with Crippen molar-refractivity contribution in [3.05, 3.63) is 35.4 Å². The summed E-state index contributed by atoms with van der Waals surface area (Å²) in [6.45, 7) is 3.69. The standard InChI is InChI=1S/C16H23N3O/c1-3-4-12-18-16(20)19(2)13-15-9-6-5-8-14(15)10-7-11-17/h5-6,8-9H,3-4,11-13,17H2,1-2H3,(H,18,20). The van der Waals surface area contributed by atoms with Crippen LogP contribution in [0.3, 0.4) is 0 Å². The minimum absolute atomic E-state index is 0.0555. The fourth-order valence-electron chi connectivity index (χ4n) is 1.76. The molecule has 1 aromatic rings. The maximum absolute atomic E-state index is 11.9. The van der Waals surface area contributed by atoms with E-state index in [9.17, 15) is 4.79 Å². The SMILES string of the molecule is CCCCNC(=O)N(C)Cc1ccccc1C#CCN. The number of amides is 2. The molecule has 0 bridgehead atoms. The van der Waals surface area contributed by atoms with E-state index in [1.54, 1.807) is 11.9 Å². The van der Waals surface area contributed by atoms with Gasteiger partial charge in [0.25, 0.3) is 0 Å². The number of benzene rings is 1. The Bertz CT molecular complexity index is 488. The van der Waals surface area contributed by atoms with Gasteiger partial charge in [-0.1, -0.05) is 43.4 Å². The van der Waals surface area contributed by atoms with Crippen molar-refractivity contribution in [1.29, 1.82) is 0 Å². The van der Waals surface area contributed by atoms with E-state index in [0.717, 1.165) is 24.0 Å². The Labute approximate surface area is 121 Å². The molecule has 1 rings (SSSR count). The molecule has 0 aromatic heterocycles. The molecule has 0 atom stereocenters. The van der Waals surface area contributed by atoms with Crippen LogP contribution in [0.1, 0.15) is 30.9 Å². The van der Waals surface area contributed by atoms with Crippen LogP contribution in [0.2, 0.25) is 0 Å². The highest BCUT2D eigenvalue weighted by Crippen LogP contribution is 2.10. The van der Waals surface area contributed by atoms with E-state index in [-0.39, 0.29) is 6.03 Å². The van der Waals surface area contributed by atoms with Crippen molar-refractivity contribution >= 4 is 6.03 Å². The lowest BCUT2D eigenvalue weighted by Crippen LogP contribution is -2.37. The lowest BCUT2D eigenvalue weighted by Gasteiger charge is -2.18. The van der Waals surface area contributed by atoms with Gasteiger partial charge in [-0.3, -0.25) is 0 Å². The van der Waals surface area contributed by atoms with Crippen molar-refractivity contribution in [1.82, 2.24) is 10.2 Å². The molecule has 0 aliphatic rings. The topological polar surface area (TPSA) is 58.4 Å². The Balaban J connectivity index is 2.65. The van der Waals surface area contributed by atoms with Gasteiger partial charge in [-0.15, -0.1) is 0 Å². The smallest absolute Gasteiger partial charge is 0.317 e. The zero-order valence-corrected chi connectivity index (χ0v) is 12.3. The second kappa shape index (κ2) is 9.00. The molecule has 1 aromatic carbocycles. The van der Waals surface area contributed by atoms with Crippen LogP contribution in [0, 0.1) is 11.8 Å². The maximum atomic E-state index is 11.9. The Kier molecular flexibility index (Phi) is 7.23. The minimum Gasteiger partial charge on any atom is -0.338 e. The molecule has 0 fully saturated rings. The number of carbonyl (C=O) groups is 1. The van der Waals surface area contributed by atoms with E-state index in [0.29, 0.717) is 19.6 Å². The van der Waals surface area contributed by atoms with E-state index in [1.807, 2.05) is 24.3 Å². The summed E-state index contributed by atoms with van der Waals surface area (Å²) in [7, 11) is 1.79. The summed E-state index contributed by atoms with van der Waals surface area (Å²) in [5, 5.41) is 2.90. The zero-order chi connectivity index (χ0) is 14.8. The van der Waals surface area contributed by atoms with Crippen LogP contribution in [0.5, 0.6) is 0 Å². The first-order valence-corrected chi connectivity index (χ1v) is 6.94. The summed E-state index contributed by atoms with van der Waals surface area (Å²) >= 11 is 0. The fourth-order valence-corrected chi connectivity index (χ4v) is 1.76. The number of nitrogens with one attached hydrogen (secondary N) is 1. The average molecular weight is 273 g/mol. The zero-order valence-electron chi connectivity index (χ0n) is 12.3. The molecule has 0 unspecified atom stereocenters. The summed E-state index contributed by atoms with van der Waals surface area (Å²) in [5.41, 5.74) is 7.35. The molecule has 108 valence electrons. The number of nitrogens with two attached hydrogens (primary N) is 1. The van der Waals surface area contributed by atoms with Gasteiger partial charge in [0, 0.05) is 25.7 Å². The lowest BCUT2D eigenvalue weighted by atomic mass is 10.1. The molecule has 0 aliphatic heterocycles. The van der Waals surface area contributed by atoms with Crippen LogP contribution in [0.4, 0.5) is 4.79 Å². The molecular formula is C16H23N3O. The Morgan fingerprint density at radius 2 is 2.15 bits per heavy atom. The Hall–Kier alpha value is -1.99. The molecular weight excluding hydrogens is 250 g/mol. The van der Waals surface area contributed by atoms with Gasteiger partial charge >= 0.3 is 6.03 Å². The molecule has 4 nitrogen and oxygen atoms in total. The predicted molar refractivity (Wildman–Crippen MR) is 82.1 cm³/mol. The quantitative estimate of drug-likeness (QED) is 0.636. The van der Waals surface area contributed by atoms with Crippen molar-refractivity contribution < 1.29 is 4.79 Å². The number of unbranched alkanes of at least 4 members (excludes halogenated alkanes) is 1. The monoisotopic (exact) mass is 273 g/mol. The highest BCUT2D eigenvalue weighted by atomic mass is 16.2. The summed E-state index contributed by atoms with van der Waals surface area (Å²) in [6.07, 6.45) is 2.07. The van der Waals surface area contributed by atoms with Gasteiger partial charge in [-0.05, 0) is 18.1 Å². The van der Waals surface area contributed by atoms with E-state index in [1.165, 1.54) is 0 Å². The lowest BCUT2D eigenvalue weighted by molar-refractivity contribution is 0.206. The third-order valence-corrected chi connectivity index (χ3v) is 2.90. The minimum atomic E-state index is -0.0555. The molecule has 20 heavy (non-hydrogen) atoms. The molecule has 0 spiro atoms. The normalized spacial score (nSPS) is 9.55. The van der Waals surface area contributed by atoms with Crippen molar-refractivity contribution in [2.24, 2.45) is 5.73 Å². The summed E-state index contributed by atoms with van der Waals surface area (Å²) in [6, 6.07) is 7.76. The number of nitrogens with zero attached hydrogens (tertiary/aromatic N) is 1. The molecule has 2 amide bonds. The van der Waals surface area contributed by atoms with Gasteiger partial charge in [0.15, 0.2) is 0 Å². The van der Waals surface area contributed by atoms with E-state index < -0.39 is 0 Å². The van der Waals surface area contributed by atoms with Crippen LogP contribution in [-0.2, 0) is 6.54 Å². The fraction of sp³-hybridized carbons (Fsp3) is 0.438. The molecule has 0 saturated carbocycles. The largest absolute Gasteiger partial charge is 0.338 e. The van der Waals surface area contributed by atoms with E-state index >= 15 is 0 Å².